The van der Waals surface area contributed by atoms with Crippen LogP contribution in [0.25, 0.3) is 6.08 Å². The number of aliphatic carboxylic acids is 1. The van der Waals surface area contributed by atoms with Crippen molar-refractivity contribution in [3.05, 3.63) is 48.1 Å². The summed E-state index contributed by atoms with van der Waals surface area (Å²) in [6.07, 6.45) is 2.22. The van der Waals surface area contributed by atoms with Crippen LogP contribution < -0.4 is 10.5 Å². The second-order valence-corrected chi connectivity index (χ2v) is 5.44. The van der Waals surface area contributed by atoms with E-state index in [1.807, 2.05) is 37.3 Å². The van der Waals surface area contributed by atoms with Gasteiger partial charge in [-0.15, -0.1) is 0 Å². The van der Waals surface area contributed by atoms with Crippen LogP contribution in [0, 0.1) is 0 Å². The molecule has 0 amide bonds. The molecule has 138 valence electrons. The van der Waals surface area contributed by atoms with E-state index in [1.54, 1.807) is 18.2 Å². The van der Waals surface area contributed by atoms with Gasteiger partial charge in [-0.2, -0.15) is 0 Å². The Labute approximate surface area is 146 Å². The monoisotopic (exact) mass is 351 g/mol. The maximum Gasteiger partial charge on any atom is 0.334 e. The fraction of sp³-hybridized carbons (Fsp3) is 0.389. The Balaban J connectivity index is 2.47. The van der Waals surface area contributed by atoms with Crippen molar-refractivity contribution in [2.75, 3.05) is 6.61 Å². The number of allylic oxidation sites excluding steroid dienone is 2. The third kappa shape index (κ3) is 7.06. The van der Waals surface area contributed by atoms with Crippen LogP contribution in [0.3, 0.4) is 0 Å². The Bertz CT molecular complexity index is 584. The number of benzene rings is 1. The molecular weight excluding hydrogens is 326 g/mol. The average Bonchev–Trinajstić information content (AvgIpc) is 2.60. The van der Waals surface area contributed by atoms with Crippen LogP contribution in [0.5, 0.6) is 5.75 Å². The minimum Gasteiger partial charge on any atom is -0.494 e. The van der Waals surface area contributed by atoms with Gasteiger partial charge in [0.05, 0.1) is 24.9 Å². The van der Waals surface area contributed by atoms with Crippen molar-refractivity contribution in [2.45, 2.75) is 37.7 Å². The SMILES string of the molecule is CCOc1ccc(C=CC=CC[C@H](O)[C@@H](O)[C@@H](N)[C@H](O)C(=O)O)cc1. The largest absolute Gasteiger partial charge is 0.494 e. The van der Waals surface area contributed by atoms with E-state index in [0.29, 0.717) is 6.61 Å². The van der Waals surface area contributed by atoms with Crippen LogP contribution in [0.15, 0.2) is 42.5 Å². The smallest absolute Gasteiger partial charge is 0.334 e. The number of nitrogens with two attached hydrogens (primary N) is 1. The van der Waals surface area contributed by atoms with Gasteiger partial charge in [0.15, 0.2) is 6.10 Å². The molecule has 7 heteroatoms. The van der Waals surface area contributed by atoms with E-state index in [2.05, 4.69) is 0 Å². The number of aliphatic hydroxyl groups is 3. The third-order valence-corrected chi connectivity index (χ3v) is 3.51. The number of ether oxygens (including phenoxy) is 1. The van der Waals surface area contributed by atoms with E-state index in [-0.39, 0.29) is 6.42 Å². The van der Waals surface area contributed by atoms with E-state index >= 15 is 0 Å². The lowest BCUT2D eigenvalue weighted by molar-refractivity contribution is -0.150. The summed E-state index contributed by atoms with van der Waals surface area (Å²) in [5, 5.41) is 37.4. The van der Waals surface area contributed by atoms with E-state index in [1.165, 1.54) is 0 Å². The van der Waals surface area contributed by atoms with Crippen molar-refractivity contribution in [2.24, 2.45) is 5.73 Å². The number of hydrogen-bond acceptors (Lipinski definition) is 6. The predicted molar refractivity (Wildman–Crippen MR) is 94.0 cm³/mol. The highest BCUT2D eigenvalue weighted by Gasteiger charge is 2.32. The molecule has 0 radical (unpaired) electrons. The van der Waals surface area contributed by atoms with Gasteiger partial charge in [0.25, 0.3) is 0 Å². The molecule has 25 heavy (non-hydrogen) atoms. The summed E-state index contributed by atoms with van der Waals surface area (Å²) in [6, 6.07) is 6.06. The van der Waals surface area contributed by atoms with Crippen molar-refractivity contribution < 1.29 is 30.0 Å². The van der Waals surface area contributed by atoms with E-state index in [9.17, 15) is 20.1 Å². The van der Waals surface area contributed by atoms with Gasteiger partial charge in [0.2, 0.25) is 0 Å². The summed E-state index contributed by atoms with van der Waals surface area (Å²) >= 11 is 0. The molecule has 0 unspecified atom stereocenters. The Kier molecular flexibility index (Phi) is 8.87. The maximum atomic E-state index is 10.6. The second-order valence-electron chi connectivity index (χ2n) is 5.44. The highest BCUT2D eigenvalue weighted by Crippen LogP contribution is 2.13. The van der Waals surface area contributed by atoms with Crippen molar-refractivity contribution in [3.8, 4) is 5.75 Å². The van der Waals surface area contributed by atoms with Gasteiger partial charge in [-0.25, -0.2) is 4.79 Å². The van der Waals surface area contributed by atoms with Crippen LogP contribution >= 0.6 is 0 Å². The highest BCUT2D eigenvalue weighted by atomic mass is 16.5. The molecule has 1 aromatic carbocycles. The molecule has 6 N–H and O–H groups in total. The molecule has 0 saturated heterocycles. The summed E-state index contributed by atoms with van der Waals surface area (Å²) in [6.45, 7) is 2.53. The van der Waals surface area contributed by atoms with E-state index in [4.69, 9.17) is 15.6 Å². The molecule has 7 nitrogen and oxygen atoms in total. The predicted octanol–water partition coefficient (Wildman–Crippen LogP) is 0.539. The van der Waals surface area contributed by atoms with Crippen LogP contribution in [0.4, 0.5) is 0 Å². The molecule has 0 heterocycles. The molecular formula is C18H25NO6. The summed E-state index contributed by atoms with van der Waals surface area (Å²) in [7, 11) is 0. The number of aliphatic hydroxyl groups excluding tert-OH is 3. The minimum absolute atomic E-state index is 0.0643. The van der Waals surface area contributed by atoms with Crippen LogP contribution in [-0.4, -0.2) is 57.4 Å². The second kappa shape index (κ2) is 10.6. The van der Waals surface area contributed by atoms with Crippen LogP contribution in [0.2, 0.25) is 0 Å². The molecule has 0 aliphatic rings. The quantitative estimate of drug-likeness (QED) is 0.388. The molecule has 0 bridgehead atoms. The molecule has 0 aliphatic heterocycles. The molecule has 0 spiro atoms. The topological polar surface area (TPSA) is 133 Å². The number of rotatable bonds is 10. The van der Waals surface area contributed by atoms with Gasteiger partial charge in [-0.05, 0) is 31.0 Å². The summed E-state index contributed by atoms with van der Waals surface area (Å²) < 4.78 is 5.35. The van der Waals surface area contributed by atoms with Crippen LogP contribution in [-0.2, 0) is 4.79 Å². The minimum atomic E-state index is -1.94. The number of carbonyl (C=O) groups is 1. The van der Waals surface area contributed by atoms with E-state index < -0.39 is 30.3 Å². The molecule has 0 saturated carbocycles. The molecule has 0 aliphatic carbocycles. The summed E-state index contributed by atoms with van der Waals surface area (Å²) in [5.74, 6) is -0.750. The molecule has 4 atom stereocenters. The summed E-state index contributed by atoms with van der Waals surface area (Å²) in [5.41, 5.74) is 6.39. The first kappa shape index (κ1) is 20.9. The first-order valence-electron chi connectivity index (χ1n) is 7.95. The standard InChI is InChI=1S/C18H25NO6/c1-2-25-13-10-8-12(9-11-13)6-4-3-5-7-14(20)16(21)15(19)17(22)18(23)24/h3-6,8-11,14-17,20-22H,2,7,19H2,1H3,(H,23,24)/t14-,15+,16+,17-/m0/s1. The van der Waals surface area contributed by atoms with Gasteiger partial charge < -0.3 is 30.9 Å². The first-order chi connectivity index (χ1) is 11.9. The van der Waals surface area contributed by atoms with Gasteiger partial charge in [-0.1, -0.05) is 36.4 Å². The van der Waals surface area contributed by atoms with Crippen molar-refractivity contribution >= 4 is 12.0 Å². The molecule has 0 aromatic heterocycles. The lowest BCUT2D eigenvalue weighted by atomic mass is 9.99. The maximum absolute atomic E-state index is 10.6. The van der Waals surface area contributed by atoms with Gasteiger partial charge >= 0.3 is 5.97 Å². The number of hydrogen-bond donors (Lipinski definition) is 5. The zero-order valence-corrected chi connectivity index (χ0v) is 14.0. The van der Waals surface area contributed by atoms with Crippen molar-refractivity contribution in [1.29, 1.82) is 0 Å². The first-order valence-corrected chi connectivity index (χ1v) is 7.95. The molecule has 1 aromatic rings. The van der Waals surface area contributed by atoms with Gasteiger partial charge in [0, 0.05) is 0 Å². The Morgan fingerprint density at radius 3 is 2.40 bits per heavy atom. The Morgan fingerprint density at radius 2 is 1.84 bits per heavy atom. The Hall–Kier alpha value is -2.19. The highest BCUT2D eigenvalue weighted by molar-refractivity contribution is 5.73. The molecule has 1 rings (SSSR count). The number of carboxylic acid groups (broad SMARTS) is 1. The lowest BCUT2D eigenvalue weighted by Crippen LogP contribution is -2.52. The number of carboxylic acids is 1. The van der Waals surface area contributed by atoms with Gasteiger partial charge in [0.1, 0.15) is 5.75 Å². The van der Waals surface area contributed by atoms with Gasteiger partial charge in [-0.3, -0.25) is 0 Å². The zero-order valence-electron chi connectivity index (χ0n) is 14.0. The zero-order chi connectivity index (χ0) is 18.8. The Morgan fingerprint density at radius 1 is 1.20 bits per heavy atom. The fourth-order valence-electron chi connectivity index (χ4n) is 2.05. The third-order valence-electron chi connectivity index (χ3n) is 3.51. The molecule has 0 fully saturated rings. The van der Waals surface area contributed by atoms with Crippen molar-refractivity contribution in [1.82, 2.24) is 0 Å². The van der Waals surface area contributed by atoms with Crippen LogP contribution in [0.1, 0.15) is 18.9 Å². The summed E-state index contributed by atoms with van der Waals surface area (Å²) in [4.78, 5) is 10.6. The van der Waals surface area contributed by atoms with Crippen molar-refractivity contribution in [3.63, 3.8) is 0 Å². The average molecular weight is 351 g/mol. The normalized spacial score (nSPS) is 16.7. The van der Waals surface area contributed by atoms with E-state index in [0.717, 1.165) is 11.3 Å². The fourth-order valence-corrected chi connectivity index (χ4v) is 2.05. The lowest BCUT2D eigenvalue weighted by Gasteiger charge is -2.24.